The number of aromatic nitrogens is 5. The second-order valence-electron chi connectivity index (χ2n) is 6.37. The van der Waals surface area contributed by atoms with Crippen molar-refractivity contribution in [1.29, 1.82) is 0 Å². The van der Waals surface area contributed by atoms with Crippen molar-refractivity contribution in [3.8, 4) is 5.75 Å². The molecule has 1 N–H and O–H groups in total. The second kappa shape index (κ2) is 6.07. The van der Waals surface area contributed by atoms with E-state index in [4.69, 9.17) is 11.6 Å². The molecule has 0 fully saturated rings. The smallest absolute Gasteiger partial charge is 0.227 e. The van der Waals surface area contributed by atoms with E-state index in [0.29, 0.717) is 17.4 Å². The summed E-state index contributed by atoms with van der Waals surface area (Å²) < 4.78 is 3.71. The topological polar surface area (TPSA) is 72.0 Å². The van der Waals surface area contributed by atoms with E-state index in [1.165, 1.54) is 11.1 Å². The summed E-state index contributed by atoms with van der Waals surface area (Å²) in [6.07, 6.45) is 0.871. The first-order chi connectivity index (χ1) is 12.0. The van der Waals surface area contributed by atoms with Gasteiger partial charge >= 0.3 is 0 Å². The van der Waals surface area contributed by atoms with E-state index in [2.05, 4.69) is 20.2 Å². The van der Waals surface area contributed by atoms with Gasteiger partial charge in [-0.05, 0) is 42.7 Å². The minimum atomic E-state index is 0.319. The summed E-state index contributed by atoms with van der Waals surface area (Å²) in [5.41, 5.74) is 3.28. The third-order valence-electron chi connectivity index (χ3n) is 4.57. The summed E-state index contributed by atoms with van der Waals surface area (Å²) in [7, 11) is 1.96. The van der Waals surface area contributed by atoms with Crippen molar-refractivity contribution in [3.63, 3.8) is 0 Å². The molecule has 1 aromatic carbocycles. The van der Waals surface area contributed by atoms with Gasteiger partial charge < -0.3 is 10.0 Å². The maximum Gasteiger partial charge on any atom is 0.227 e. The van der Waals surface area contributed by atoms with Crippen molar-refractivity contribution in [2.45, 2.75) is 26.4 Å². The highest BCUT2D eigenvalue weighted by molar-refractivity contribution is 6.29. The van der Waals surface area contributed by atoms with Crippen molar-refractivity contribution in [1.82, 2.24) is 24.5 Å². The van der Waals surface area contributed by atoms with Crippen molar-refractivity contribution >= 4 is 17.5 Å². The molecular weight excluding hydrogens is 340 g/mol. The second-order valence-corrected chi connectivity index (χ2v) is 6.75. The predicted molar refractivity (Wildman–Crippen MR) is 94.9 cm³/mol. The quantitative estimate of drug-likeness (QED) is 0.777. The first-order valence-electron chi connectivity index (χ1n) is 8.15. The summed E-state index contributed by atoms with van der Waals surface area (Å²) in [4.78, 5) is 2.20. The SMILES string of the molecule is Cc1cc(Cl)n(Cc2nnc(N3CCc4cc(O)ccc4C3)n2C)n1. The van der Waals surface area contributed by atoms with Crippen LogP contribution in [0, 0.1) is 6.92 Å². The molecule has 1 aliphatic heterocycles. The number of hydrogen-bond acceptors (Lipinski definition) is 5. The van der Waals surface area contributed by atoms with Crippen molar-refractivity contribution in [2.24, 2.45) is 7.05 Å². The molecule has 2 aromatic heterocycles. The third kappa shape index (κ3) is 2.95. The Morgan fingerprint density at radius 1 is 1.20 bits per heavy atom. The molecule has 0 amide bonds. The van der Waals surface area contributed by atoms with Gasteiger partial charge in [0.2, 0.25) is 5.95 Å². The molecule has 1 aliphatic rings. The molecule has 25 heavy (non-hydrogen) atoms. The van der Waals surface area contributed by atoms with Crippen LogP contribution < -0.4 is 4.90 Å². The number of hydrogen-bond donors (Lipinski definition) is 1. The Hall–Kier alpha value is -2.54. The number of phenols is 1. The lowest BCUT2D eigenvalue weighted by Gasteiger charge is -2.29. The normalized spacial score (nSPS) is 14.0. The third-order valence-corrected chi connectivity index (χ3v) is 4.88. The van der Waals surface area contributed by atoms with Gasteiger partial charge in [0.25, 0.3) is 0 Å². The summed E-state index contributed by atoms with van der Waals surface area (Å²) in [6, 6.07) is 7.37. The summed E-state index contributed by atoms with van der Waals surface area (Å²) >= 11 is 6.18. The number of aromatic hydroxyl groups is 1. The molecule has 130 valence electrons. The van der Waals surface area contributed by atoms with Crippen molar-refractivity contribution < 1.29 is 5.11 Å². The standard InChI is InChI=1S/C17H19ClN6O/c1-11-7-15(18)24(21-11)10-16-19-20-17(22(16)2)23-6-5-12-8-14(25)4-3-13(12)9-23/h3-4,7-8,25H,5-6,9-10H2,1-2H3. The van der Waals surface area contributed by atoms with Crippen LogP contribution in [0.25, 0.3) is 0 Å². The lowest BCUT2D eigenvalue weighted by molar-refractivity contribution is 0.473. The molecule has 4 rings (SSSR count). The Kier molecular flexibility index (Phi) is 3.88. The molecule has 0 unspecified atom stereocenters. The van der Waals surface area contributed by atoms with E-state index in [-0.39, 0.29) is 0 Å². The zero-order valence-electron chi connectivity index (χ0n) is 14.1. The largest absolute Gasteiger partial charge is 0.508 e. The van der Waals surface area contributed by atoms with Gasteiger partial charge in [-0.25, -0.2) is 4.68 Å². The Bertz CT molecular complexity index is 931. The number of halogens is 1. The zero-order valence-corrected chi connectivity index (χ0v) is 14.9. The van der Waals surface area contributed by atoms with Gasteiger partial charge in [0.15, 0.2) is 5.82 Å². The Labute approximate surface area is 150 Å². The zero-order chi connectivity index (χ0) is 17.6. The van der Waals surface area contributed by atoms with Crippen LogP contribution in [0.1, 0.15) is 22.6 Å². The van der Waals surface area contributed by atoms with Gasteiger partial charge in [-0.2, -0.15) is 5.10 Å². The number of fused-ring (bicyclic) bond motifs is 1. The number of rotatable bonds is 3. The van der Waals surface area contributed by atoms with Gasteiger partial charge in [-0.1, -0.05) is 17.7 Å². The summed E-state index contributed by atoms with van der Waals surface area (Å²) in [5, 5.41) is 23.3. The number of anilines is 1. The van der Waals surface area contributed by atoms with Crippen LogP contribution in [0.5, 0.6) is 5.75 Å². The Morgan fingerprint density at radius 2 is 2.04 bits per heavy atom. The summed E-state index contributed by atoms with van der Waals surface area (Å²) in [6.45, 7) is 3.98. The van der Waals surface area contributed by atoms with E-state index >= 15 is 0 Å². The van der Waals surface area contributed by atoms with Crippen LogP contribution in [0.15, 0.2) is 24.3 Å². The van der Waals surface area contributed by atoms with Crippen LogP contribution in [0.4, 0.5) is 5.95 Å². The van der Waals surface area contributed by atoms with E-state index in [1.54, 1.807) is 10.7 Å². The fourth-order valence-electron chi connectivity index (χ4n) is 3.23. The minimum absolute atomic E-state index is 0.319. The lowest BCUT2D eigenvalue weighted by Crippen LogP contribution is -2.32. The van der Waals surface area contributed by atoms with Crippen LogP contribution in [-0.2, 0) is 26.6 Å². The number of phenolic OH excluding ortho intramolecular Hbond substituents is 1. The minimum Gasteiger partial charge on any atom is -0.508 e. The Morgan fingerprint density at radius 3 is 2.80 bits per heavy atom. The molecule has 0 bridgehead atoms. The highest BCUT2D eigenvalue weighted by atomic mass is 35.5. The maximum atomic E-state index is 9.62. The van der Waals surface area contributed by atoms with Crippen LogP contribution in [0.2, 0.25) is 5.15 Å². The molecule has 0 atom stereocenters. The molecule has 8 heteroatoms. The van der Waals surface area contributed by atoms with E-state index in [9.17, 15) is 5.11 Å². The average Bonchev–Trinajstić information content (AvgIpc) is 3.10. The molecule has 0 saturated heterocycles. The maximum absolute atomic E-state index is 9.62. The molecule has 0 aliphatic carbocycles. The van der Waals surface area contributed by atoms with Crippen LogP contribution in [0.3, 0.4) is 0 Å². The molecule has 0 spiro atoms. The number of aryl methyl sites for hydroxylation is 1. The Balaban J connectivity index is 1.57. The van der Waals surface area contributed by atoms with Gasteiger partial charge in [0, 0.05) is 20.1 Å². The summed E-state index contributed by atoms with van der Waals surface area (Å²) in [5.74, 6) is 1.95. The monoisotopic (exact) mass is 358 g/mol. The van der Waals surface area contributed by atoms with Crippen molar-refractivity contribution in [2.75, 3.05) is 11.4 Å². The van der Waals surface area contributed by atoms with Gasteiger partial charge in [-0.15, -0.1) is 10.2 Å². The van der Waals surface area contributed by atoms with E-state index in [1.807, 2.05) is 36.7 Å². The predicted octanol–water partition coefficient (Wildman–Crippen LogP) is 2.29. The molecule has 3 aromatic rings. The van der Waals surface area contributed by atoms with Crippen molar-refractivity contribution in [3.05, 3.63) is 52.1 Å². The lowest BCUT2D eigenvalue weighted by atomic mass is 10.00. The highest BCUT2D eigenvalue weighted by Gasteiger charge is 2.22. The van der Waals surface area contributed by atoms with Crippen LogP contribution in [-0.4, -0.2) is 36.2 Å². The van der Waals surface area contributed by atoms with E-state index in [0.717, 1.165) is 37.0 Å². The van der Waals surface area contributed by atoms with Crippen LogP contribution >= 0.6 is 11.6 Å². The fraction of sp³-hybridized carbons (Fsp3) is 0.353. The molecule has 0 radical (unpaired) electrons. The van der Waals surface area contributed by atoms with Gasteiger partial charge in [0.05, 0.1) is 5.69 Å². The van der Waals surface area contributed by atoms with Gasteiger partial charge in [-0.3, -0.25) is 4.57 Å². The first-order valence-corrected chi connectivity index (χ1v) is 8.53. The molecule has 0 saturated carbocycles. The molecular formula is C17H19ClN6O. The number of benzene rings is 1. The highest BCUT2D eigenvalue weighted by Crippen LogP contribution is 2.26. The molecule has 3 heterocycles. The molecule has 7 nitrogen and oxygen atoms in total. The first kappa shape index (κ1) is 16.0. The number of nitrogens with zero attached hydrogens (tertiary/aromatic N) is 6. The van der Waals surface area contributed by atoms with E-state index < -0.39 is 0 Å². The average molecular weight is 359 g/mol. The fourth-order valence-corrected chi connectivity index (χ4v) is 3.49. The van der Waals surface area contributed by atoms with Gasteiger partial charge in [0.1, 0.15) is 17.4 Å².